The van der Waals surface area contributed by atoms with Crippen LogP contribution in [0.15, 0.2) is 48.5 Å². The molecule has 0 unspecified atom stereocenters. The molecule has 2 aromatic rings. The van der Waals surface area contributed by atoms with E-state index >= 15 is 0 Å². The summed E-state index contributed by atoms with van der Waals surface area (Å²) in [6.07, 6.45) is 1.23. The summed E-state index contributed by atoms with van der Waals surface area (Å²) in [6, 6.07) is 16.7. The normalized spacial score (nSPS) is 21.4. The summed E-state index contributed by atoms with van der Waals surface area (Å²) in [5, 5.41) is 0.773. The molecule has 19 heavy (non-hydrogen) atoms. The van der Waals surface area contributed by atoms with E-state index in [0.717, 1.165) is 11.6 Å². The highest BCUT2D eigenvalue weighted by atomic mass is 35.5. The van der Waals surface area contributed by atoms with E-state index in [2.05, 4.69) is 41.2 Å². The standard InChI is InChI=1S/C16H15Cl2N/c17-15-6-4-11(5-7-15)12-2-1-3-13(8-12)16-9-14(16)10-19-18/h1-8,14,16,19H,9-10H2/t14-,16-/m0/s1. The van der Waals surface area contributed by atoms with Gasteiger partial charge in [-0.05, 0) is 58.9 Å². The van der Waals surface area contributed by atoms with E-state index in [-0.39, 0.29) is 0 Å². The smallest absolute Gasteiger partial charge is 0.0406 e. The van der Waals surface area contributed by atoms with Crippen molar-refractivity contribution in [2.24, 2.45) is 5.92 Å². The molecule has 0 bridgehead atoms. The molecule has 0 radical (unpaired) electrons. The maximum Gasteiger partial charge on any atom is 0.0406 e. The lowest BCUT2D eigenvalue weighted by molar-refractivity contribution is 0.766. The monoisotopic (exact) mass is 291 g/mol. The lowest BCUT2D eigenvalue weighted by Gasteiger charge is -2.06. The van der Waals surface area contributed by atoms with Gasteiger partial charge in [0, 0.05) is 11.6 Å². The third-order valence-electron chi connectivity index (χ3n) is 3.75. The lowest BCUT2D eigenvalue weighted by atomic mass is 10.0. The van der Waals surface area contributed by atoms with Gasteiger partial charge in [0.2, 0.25) is 0 Å². The van der Waals surface area contributed by atoms with Crippen molar-refractivity contribution in [3.8, 4) is 11.1 Å². The Labute approximate surface area is 123 Å². The molecule has 0 amide bonds. The van der Waals surface area contributed by atoms with Crippen LogP contribution < -0.4 is 4.84 Å². The quantitative estimate of drug-likeness (QED) is 0.794. The number of benzene rings is 2. The average molecular weight is 292 g/mol. The van der Waals surface area contributed by atoms with Crippen molar-refractivity contribution in [3.05, 3.63) is 59.1 Å². The van der Waals surface area contributed by atoms with E-state index in [9.17, 15) is 0 Å². The van der Waals surface area contributed by atoms with E-state index in [1.165, 1.54) is 23.1 Å². The highest BCUT2D eigenvalue weighted by Gasteiger charge is 2.37. The summed E-state index contributed by atoms with van der Waals surface area (Å²) in [7, 11) is 0. The maximum atomic E-state index is 5.93. The Morgan fingerprint density at radius 1 is 1.05 bits per heavy atom. The van der Waals surface area contributed by atoms with Crippen molar-refractivity contribution >= 4 is 23.4 Å². The van der Waals surface area contributed by atoms with Gasteiger partial charge < -0.3 is 0 Å². The Hall–Kier alpha value is -1.02. The molecule has 1 saturated carbocycles. The van der Waals surface area contributed by atoms with Crippen molar-refractivity contribution in [3.63, 3.8) is 0 Å². The third-order valence-corrected chi connectivity index (χ3v) is 4.16. The molecule has 98 valence electrons. The molecule has 3 heteroatoms. The van der Waals surface area contributed by atoms with Crippen LogP contribution in [0.25, 0.3) is 11.1 Å². The second kappa shape index (κ2) is 5.54. The number of halogens is 2. The van der Waals surface area contributed by atoms with Gasteiger partial charge in [0.1, 0.15) is 0 Å². The van der Waals surface area contributed by atoms with E-state index in [1.807, 2.05) is 12.1 Å². The molecule has 0 heterocycles. The van der Waals surface area contributed by atoms with Crippen LogP contribution in [0.5, 0.6) is 0 Å². The zero-order valence-electron chi connectivity index (χ0n) is 10.4. The second-order valence-corrected chi connectivity index (χ2v) is 5.78. The fourth-order valence-corrected chi connectivity index (χ4v) is 2.90. The summed E-state index contributed by atoms with van der Waals surface area (Å²) >= 11 is 11.5. The van der Waals surface area contributed by atoms with Crippen molar-refractivity contribution in [1.82, 2.24) is 4.84 Å². The molecule has 3 rings (SSSR count). The van der Waals surface area contributed by atoms with Crippen LogP contribution in [0.2, 0.25) is 5.02 Å². The average Bonchev–Trinajstić information content (AvgIpc) is 3.20. The largest absolute Gasteiger partial charge is 0.233 e. The predicted molar refractivity (Wildman–Crippen MR) is 81.6 cm³/mol. The van der Waals surface area contributed by atoms with Crippen LogP contribution in [0.3, 0.4) is 0 Å². The van der Waals surface area contributed by atoms with E-state index in [0.29, 0.717) is 11.8 Å². The molecule has 1 aliphatic rings. The molecule has 0 saturated heterocycles. The highest BCUT2D eigenvalue weighted by Crippen LogP contribution is 2.47. The topological polar surface area (TPSA) is 12.0 Å². The zero-order chi connectivity index (χ0) is 13.2. The molecule has 0 aliphatic heterocycles. The fourth-order valence-electron chi connectivity index (χ4n) is 2.57. The molecule has 1 aliphatic carbocycles. The molecular weight excluding hydrogens is 277 g/mol. The zero-order valence-corrected chi connectivity index (χ0v) is 12.0. The summed E-state index contributed by atoms with van der Waals surface area (Å²) in [5.41, 5.74) is 3.86. The first-order valence-electron chi connectivity index (χ1n) is 6.47. The Kier molecular flexibility index (Phi) is 3.79. The first kappa shape index (κ1) is 13.0. The minimum atomic E-state index is 0.651. The predicted octanol–water partition coefficient (Wildman–Crippen LogP) is 4.85. The Morgan fingerprint density at radius 3 is 2.58 bits per heavy atom. The van der Waals surface area contributed by atoms with Gasteiger partial charge in [0.15, 0.2) is 0 Å². The third kappa shape index (κ3) is 2.94. The number of hydrogen-bond donors (Lipinski definition) is 1. The minimum Gasteiger partial charge on any atom is -0.233 e. The van der Waals surface area contributed by atoms with Crippen molar-refractivity contribution in [1.29, 1.82) is 0 Å². The molecule has 2 atom stereocenters. The summed E-state index contributed by atoms with van der Waals surface area (Å²) in [4.78, 5) is 2.74. The van der Waals surface area contributed by atoms with E-state index in [4.69, 9.17) is 23.4 Å². The van der Waals surface area contributed by atoms with Crippen molar-refractivity contribution in [2.75, 3.05) is 6.54 Å². The highest BCUT2D eigenvalue weighted by molar-refractivity contribution is 6.30. The van der Waals surface area contributed by atoms with Gasteiger partial charge >= 0.3 is 0 Å². The first-order chi connectivity index (χ1) is 9.28. The number of hydrogen-bond acceptors (Lipinski definition) is 1. The fraction of sp³-hybridized carbons (Fsp3) is 0.250. The van der Waals surface area contributed by atoms with E-state index < -0.39 is 0 Å². The second-order valence-electron chi connectivity index (χ2n) is 5.07. The molecule has 2 aromatic carbocycles. The van der Waals surface area contributed by atoms with Gasteiger partial charge in [0.25, 0.3) is 0 Å². The van der Waals surface area contributed by atoms with E-state index in [1.54, 1.807) is 0 Å². The van der Waals surface area contributed by atoms with Crippen LogP contribution in [-0.2, 0) is 0 Å². The van der Waals surface area contributed by atoms with Gasteiger partial charge in [0.05, 0.1) is 0 Å². The summed E-state index contributed by atoms with van der Waals surface area (Å²) in [5.74, 6) is 1.33. The van der Waals surface area contributed by atoms with Gasteiger partial charge in [-0.1, -0.05) is 48.0 Å². The Balaban J connectivity index is 1.82. The van der Waals surface area contributed by atoms with Crippen molar-refractivity contribution < 1.29 is 0 Å². The lowest BCUT2D eigenvalue weighted by Crippen LogP contribution is -2.03. The van der Waals surface area contributed by atoms with Crippen LogP contribution >= 0.6 is 23.4 Å². The van der Waals surface area contributed by atoms with Crippen LogP contribution in [0, 0.1) is 5.92 Å². The SMILES string of the molecule is ClNC[C@@H]1C[C@H]1c1cccc(-c2ccc(Cl)cc2)c1. The molecule has 1 N–H and O–H groups in total. The van der Waals surface area contributed by atoms with Crippen LogP contribution in [0.4, 0.5) is 0 Å². The summed E-state index contributed by atoms with van der Waals surface area (Å²) < 4.78 is 0. The molecule has 0 spiro atoms. The summed E-state index contributed by atoms with van der Waals surface area (Å²) in [6.45, 7) is 0.886. The molecular formula is C16H15Cl2N. The van der Waals surface area contributed by atoms with Crippen LogP contribution in [0.1, 0.15) is 17.9 Å². The molecule has 0 aromatic heterocycles. The van der Waals surface area contributed by atoms with Crippen LogP contribution in [-0.4, -0.2) is 6.54 Å². The van der Waals surface area contributed by atoms with Gasteiger partial charge in [-0.3, -0.25) is 0 Å². The maximum absolute atomic E-state index is 5.93. The molecule has 1 nitrogen and oxygen atoms in total. The van der Waals surface area contributed by atoms with Gasteiger partial charge in [-0.2, -0.15) is 0 Å². The Morgan fingerprint density at radius 2 is 1.84 bits per heavy atom. The number of rotatable bonds is 4. The number of nitrogens with one attached hydrogen (secondary N) is 1. The molecule has 1 fully saturated rings. The van der Waals surface area contributed by atoms with Gasteiger partial charge in [-0.15, -0.1) is 0 Å². The van der Waals surface area contributed by atoms with Gasteiger partial charge in [-0.25, -0.2) is 4.84 Å². The minimum absolute atomic E-state index is 0.651. The Bertz CT molecular complexity index is 565. The van der Waals surface area contributed by atoms with Crippen molar-refractivity contribution in [2.45, 2.75) is 12.3 Å². The first-order valence-corrected chi connectivity index (χ1v) is 7.23.